The van der Waals surface area contributed by atoms with Crippen molar-refractivity contribution >= 4 is 23.8 Å². The third-order valence-electron chi connectivity index (χ3n) is 4.09. The van der Waals surface area contributed by atoms with E-state index in [1.807, 2.05) is 11.8 Å². The number of nitrogens with zero attached hydrogens (tertiary/aromatic N) is 1. The third-order valence-corrected chi connectivity index (χ3v) is 5.25. The number of carboxylic acids is 1. The third kappa shape index (κ3) is 3.55. The van der Waals surface area contributed by atoms with E-state index in [0.717, 1.165) is 30.8 Å². The van der Waals surface area contributed by atoms with Gasteiger partial charge >= 0.3 is 12.0 Å². The molecular weight excluding hydrogens is 264 g/mol. The molecule has 2 rings (SSSR count). The average molecular weight is 286 g/mol. The number of nitrogens with one attached hydrogen (secondary N) is 1. The number of hydrogen-bond donors (Lipinski definition) is 2. The van der Waals surface area contributed by atoms with E-state index in [1.165, 1.54) is 4.90 Å². The van der Waals surface area contributed by atoms with Crippen LogP contribution in [0.4, 0.5) is 4.79 Å². The van der Waals surface area contributed by atoms with Crippen LogP contribution < -0.4 is 5.32 Å². The Kier molecular flexibility index (Phi) is 4.96. The zero-order chi connectivity index (χ0) is 13.8. The molecule has 2 heterocycles. The summed E-state index contributed by atoms with van der Waals surface area (Å²) in [5.41, 5.74) is 0. The first-order valence-corrected chi connectivity index (χ1v) is 8.15. The first-order chi connectivity index (χ1) is 9.11. The number of amides is 2. The highest BCUT2D eigenvalue weighted by Gasteiger charge is 2.36. The molecule has 3 atom stereocenters. The van der Waals surface area contributed by atoms with Crippen molar-refractivity contribution in [2.45, 2.75) is 44.7 Å². The number of carbonyl (C=O) groups excluding carboxylic acids is 1. The Morgan fingerprint density at radius 1 is 1.42 bits per heavy atom. The van der Waals surface area contributed by atoms with Gasteiger partial charge in [-0.2, -0.15) is 11.8 Å². The minimum absolute atomic E-state index is 0.200. The minimum atomic E-state index is -0.880. The zero-order valence-electron chi connectivity index (χ0n) is 11.3. The van der Waals surface area contributed by atoms with Crippen molar-refractivity contribution in [3.8, 4) is 0 Å². The van der Waals surface area contributed by atoms with Crippen molar-refractivity contribution in [1.82, 2.24) is 10.2 Å². The van der Waals surface area contributed by atoms with E-state index >= 15 is 0 Å². The van der Waals surface area contributed by atoms with Crippen LogP contribution in [0.1, 0.15) is 32.6 Å². The van der Waals surface area contributed by atoms with Crippen LogP contribution in [0.3, 0.4) is 0 Å². The number of likely N-dealkylation sites (tertiary alicyclic amines) is 1. The van der Waals surface area contributed by atoms with Gasteiger partial charge in [-0.25, -0.2) is 9.59 Å². The fourth-order valence-corrected chi connectivity index (χ4v) is 3.94. The number of urea groups is 1. The quantitative estimate of drug-likeness (QED) is 0.829. The molecule has 108 valence electrons. The van der Waals surface area contributed by atoms with Gasteiger partial charge in [-0.05, 0) is 30.9 Å². The van der Waals surface area contributed by atoms with Crippen molar-refractivity contribution in [2.75, 3.05) is 18.1 Å². The molecule has 0 radical (unpaired) electrons. The summed E-state index contributed by atoms with van der Waals surface area (Å²) in [4.78, 5) is 25.1. The summed E-state index contributed by atoms with van der Waals surface area (Å²) < 4.78 is 0. The van der Waals surface area contributed by atoms with Crippen LogP contribution >= 0.6 is 11.8 Å². The van der Waals surface area contributed by atoms with E-state index in [1.54, 1.807) is 0 Å². The molecule has 2 aliphatic rings. The molecule has 2 aliphatic heterocycles. The van der Waals surface area contributed by atoms with Crippen LogP contribution in [0.2, 0.25) is 0 Å². The van der Waals surface area contributed by atoms with E-state index < -0.39 is 12.0 Å². The van der Waals surface area contributed by atoms with Gasteiger partial charge in [-0.15, -0.1) is 0 Å². The number of rotatable bonds is 3. The summed E-state index contributed by atoms with van der Waals surface area (Å²) in [5, 5.41) is 12.3. The van der Waals surface area contributed by atoms with Gasteiger partial charge in [0, 0.05) is 18.3 Å². The molecule has 5 nitrogen and oxygen atoms in total. The molecule has 0 aromatic carbocycles. The molecule has 19 heavy (non-hydrogen) atoms. The fourth-order valence-electron chi connectivity index (χ4n) is 2.79. The largest absolute Gasteiger partial charge is 0.480 e. The van der Waals surface area contributed by atoms with Crippen LogP contribution in [0, 0.1) is 5.92 Å². The predicted octanol–water partition coefficient (Wildman–Crippen LogP) is 1.78. The molecule has 2 saturated heterocycles. The predicted molar refractivity (Wildman–Crippen MR) is 75.4 cm³/mol. The van der Waals surface area contributed by atoms with E-state index in [9.17, 15) is 14.7 Å². The van der Waals surface area contributed by atoms with Crippen LogP contribution in [0.5, 0.6) is 0 Å². The zero-order valence-corrected chi connectivity index (χ0v) is 12.1. The number of piperidine rings is 1. The molecule has 0 bridgehead atoms. The SMILES string of the molecule is CCC1CCN(C(=O)NC2CCSC2)C(C(=O)O)C1. The minimum Gasteiger partial charge on any atom is -0.480 e. The van der Waals surface area contributed by atoms with Crippen LogP contribution in [-0.2, 0) is 4.79 Å². The first-order valence-electron chi connectivity index (χ1n) is 6.99. The molecule has 0 aliphatic carbocycles. The summed E-state index contributed by atoms with van der Waals surface area (Å²) in [7, 11) is 0. The second-order valence-electron chi connectivity index (χ2n) is 5.36. The van der Waals surface area contributed by atoms with Gasteiger partial charge in [-0.3, -0.25) is 0 Å². The number of thioether (sulfide) groups is 1. The maximum atomic E-state index is 12.2. The van der Waals surface area contributed by atoms with Gasteiger partial charge in [0.1, 0.15) is 6.04 Å². The van der Waals surface area contributed by atoms with Crippen molar-refractivity contribution < 1.29 is 14.7 Å². The Labute approximate surface area is 118 Å². The smallest absolute Gasteiger partial charge is 0.326 e. The summed E-state index contributed by atoms with van der Waals surface area (Å²) in [6.45, 7) is 2.64. The summed E-state index contributed by atoms with van der Waals surface area (Å²) in [6.07, 6.45) is 3.46. The number of hydrogen-bond acceptors (Lipinski definition) is 3. The lowest BCUT2D eigenvalue weighted by molar-refractivity contribution is -0.144. The molecule has 0 spiro atoms. The summed E-state index contributed by atoms with van der Waals surface area (Å²) >= 11 is 1.83. The van der Waals surface area contributed by atoms with Gasteiger partial charge in [0.05, 0.1) is 0 Å². The van der Waals surface area contributed by atoms with Crippen molar-refractivity contribution in [3.05, 3.63) is 0 Å². The highest BCUT2D eigenvalue weighted by molar-refractivity contribution is 7.99. The van der Waals surface area contributed by atoms with Crippen molar-refractivity contribution in [3.63, 3.8) is 0 Å². The standard InChI is InChI=1S/C13H22N2O3S/c1-2-9-3-5-15(11(7-9)12(16)17)13(18)14-10-4-6-19-8-10/h9-11H,2-8H2,1H3,(H,14,18)(H,16,17). The van der Waals surface area contributed by atoms with E-state index in [4.69, 9.17) is 0 Å². The topological polar surface area (TPSA) is 69.6 Å². The molecule has 2 amide bonds. The van der Waals surface area contributed by atoms with E-state index in [-0.39, 0.29) is 12.1 Å². The molecule has 3 unspecified atom stereocenters. The summed E-state index contributed by atoms with van der Waals surface area (Å²) in [5.74, 6) is 1.56. The molecule has 6 heteroatoms. The molecule has 2 N–H and O–H groups in total. The van der Waals surface area contributed by atoms with Gasteiger partial charge in [0.25, 0.3) is 0 Å². The Hall–Kier alpha value is -0.910. The summed E-state index contributed by atoms with van der Waals surface area (Å²) in [6, 6.07) is -0.655. The molecular formula is C13H22N2O3S. The maximum absolute atomic E-state index is 12.2. The average Bonchev–Trinajstić information content (AvgIpc) is 2.90. The van der Waals surface area contributed by atoms with Crippen LogP contribution in [0.25, 0.3) is 0 Å². The molecule has 0 aromatic heterocycles. The Bertz CT molecular complexity index is 345. The number of carbonyl (C=O) groups is 2. The molecule has 0 aromatic rings. The van der Waals surface area contributed by atoms with E-state index in [2.05, 4.69) is 12.2 Å². The molecule has 0 saturated carbocycles. The van der Waals surface area contributed by atoms with Crippen LogP contribution in [0.15, 0.2) is 0 Å². The van der Waals surface area contributed by atoms with Crippen LogP contribution in [-0.4, -0.2) is 52.1 Å². The highest BCUT2D eigenvalue weighted by atomic mass is 32.2. The second-order valence-corrected chi connectivity index (χ2v) is 6.51. The van der Waals surface area contributed by atoms with E-state index in [0.29, 0.717) is 18.9 Å². The lowest BCUT2D eigenvalue weighted by Gasteiger charge is -2.37. The van der Waals surface area contributed by atoms with Crippen molar-refractivity contribution in [2.24, 2.45) is 5.92 Å². The van der Waals surface area contributed by atoms with Gasteiger partial charge in [-0.1, -0.05) is 13.3 Å². The van der Waals surface area contributed by atoms with Gasteiger partial charge in [0.2, 0.25) is 0 Å². The monoisotopic (exact) mass is 286 g/mol. The normalized spacial score (nSPS) is 31.2. The second kappa shape index (κ2) is 6.50. The Morgan fingerprint density at radius 2 is 2.21 bits per heavy atom. The Morgan fingerprint density at radius 3 is 2.79 bits per heavy atom. The fraction of sp³-hybridized carbons (Fsp3) is 0.846. The van der Waals surface area contributed by atoms with Crippen molar-refractivity contribution in [1.29, 1.82) is 0 Å². The number of carboxylic acid groups (broad SMARTS) is 1. The lowest BCUT2D eigenvalue weighted by atomic mass is 9.89. The first kappa shape index (κ1) is 14.5. The van der Waals surface area contributed by atoms with Gasteiger partial charge < -0.3 is 15.3 Å². The Balaban J connectivity index is 1.96. The number of aliphatic carboxylic acids is 1. The maximum Gasteiger partial charge on any atom is 0.326 e. The molecule has 2 fully saturated rings. The highest BCUT2D eigenvalue weighted by Crippen LogP contribution is 2.26. The lowest BCUT2D eigenvalue weighted by Crippen LogP contribution is -2.55. The van der Waals surface area contributed by atoms with Gasteiger partial charge in [0.15, 0.2) is 0 Å².